The summed E-state index contributed by atoms with van der Waals surface area (Å²) in [6, 6.07) is 2.22. The van der Waals surface area contributed by atoms with Gasteiger partial charge in [-0.25, -0.2) is 0 Å². The van der Waals surface area contributed by atoms with Crippen molar-refractivity contribution in [2.24, 2.45) is 11.7 Å². The fraction of sp³-hybridized carbons (Fsp3) is 0.824. The van der Waals surface area contributed by atoms with Gasteiger partial charge in [0.15, 0.2) is 0 Å². The molecule has 0 aromatic heterocycles. The van der Waals surface area contributed by atoms with Crippen LogP contribution in [0.5, 0.6) is 0 Å². The number of carbonyl (C=O) groups is 1. The first-order valence-corrected chi connectivity index (χ1v) is 11.2. The Hall–Kier alpha value is -0.590. The summed E-state index contributed by atoms with van der Waals surface area (Å²) in [5, 5.41) is 6.05. The van der Waals surface area contributed by atoms with Crippen LogP contribution in [0.1, 0.15) is 33.6 Å². The Bertz CT molecular complexity index is 389. The fourth-order valence-electron chi connectivity index (χ4n) is 1.59. The van der Waals surface area contributed by atoms with E-state index >= 15 is 0 Å². The molecule has 4 N–H and O–H groups in total. The molecule has 0 aromatic rings. The van der Waals surface area contributed by atoms with Gasteiger partial charge in [-0.3, -0.25) is 4.79 Å². The molecule has 0 spiro atoms. The van der Waals surface area contributed by atoms with Crippen LogP contribution < -0.4 is 16.4 Å². The van der Waals surface area contributed by atoms with E-state index in [1.54, 1.807) is 10.8 Å². The number of hydrogen-bond donors (Lipinski definition) is 3. The number of amides is 1. The van der Waals surface area contributed by atoms with E-state index in [1.807, 2.05) is 10.8 Å². The summed E-state index contributed by atoms with van der Waals surface area (Å²) >= 11 is 0. The van der Waals surface area contributed by atoms with Crippen molar-refractivity contribution in [3.05, 3.63) is 0 Å². The lowest BCUT2D eigenvalue weighted by Crippen LogP contribution is -2.28. The van der Waals surface area contributed by atoms with E-state index in [2.05, 4.69) is 43.4 Å². The lowest BCUT2D eigenvalue weighted by molar-refractivity contribution is -0.126. The third kappa shape index (κ3) is 16.6. The van der Waals surface area contributed by atoms with Crippen molar-refractivity contribution in [2.45, 2.75) is 39.0 Å². The molecule has 25 heavy (non-hydrogen) atoms. The smallest absolute Gasteiger partial charge is 0.246 e. The quantitative estimate of drug-likeness (QED) is 0.122. The maximum absolute atomic E-state index is 11.4. The van der Waals surface area contributed by atoms with Crippen molar-refractivity contribution in [1.82, 2.24) is 10.6 Å². The van der Waals surface area contributed by atoms with Gasteiger partial charge in [0.2, 0.25) is 5.91 Å². The van der Waals surface area contributed by atoms with Crippen LogP contribution in [0, 0.1) is 17.9 Å². The van der Waals surface area contributed by atoms with Crippen molar-refractivity contribution in [1.29, 1.82) is 0 Å². The third-order valence-electron chi connectivity index (χ3n) is 3.30. The number of nitrogens with one attached hydrogen (secondary N) is 2. The van der Waals surface area contributed by atoms with Crippen molar-refractivity contribution in [3.63, 3.8) is 0 Å². The van der Waals surface area contributed by atoms with Crippen LogP contribution in [0.15, 0.2) is 0 Å². The summed E-state index contributed by atoms with van der Waals surface area (Å²) < 4.78 is 11.0. The maximum atomic E-state index is 11.4. The molecule has 0 bridgehead atoms. The summed E-state index contributed by atoms with van der Waals surface area (Å²) in [6.45, 7) is 9.81. The highest BCUT2D eigenvalue weighted by atomic mass is 33.1. The highest BCUT2D eigenvalue weighted by Gasteiger charge is 2.08. The summed E-state index contributed by atoms with van der Waals surface area (Å²) in [4.78, 5) is 11.4. The van der Waals surface area contributed by atoms with Crippen molar-refractivity contribution < 1.29 is 14.3 Å². The summed E-state index contributed by atoms with van der Waals surface area (Å²) in [6.07, 6.45) is 2.16. The van der Waals surface area contributed by atoms with E-state index in [9.17, 15) is 4.79 Å². The minimum absolute atomic E-state index is 0.0101. The predicted octanol–water partition coefficient (Wildman–Crippen LogP) is 1.81. The molecule has 0 aliphatic rings. The molecule has 0 saturated heterocycles. The number of carbonyl (C=O) groups excluding carboxylic acids is 1. The van der Waals surface area contributed by atoms with Crippen LogP contribution in [-0.4, -0.2) is 56.6 Å². The van der Waals surface area contributed by atoms with Gasteiger partial charge in [0.1, 0.15) is 12.0 Å². The van der Waals surface area contributed by atoms with Crippen LogP contribution >= 0.6 is 21.6 Å². The van der Waals surface area contributed by atoms with Gasteiger partial charge in [-0.1, -0.05) is 54.7 Å². The second-order valence-corrected chi connectivity index (χ2v) is 8.14. The van der Waals surface area contributed by atoms with Crippen LogP contribution in [0.25, 0.3) is 0 Å². The zero-order valence-corrected chi connectivity index (χ0v) is 17.3. The summed E-state index contributed by atoms with van der Waals surface area (Å²) in [5.41, 5.74) is 5.15. The Morgan fingerprint density at radius 3 is 2.76 bits per heavy atom. The maximum Gasteiger partial charge on any atom is 0.246 e. The molecule has 1 amide bonds. The lowest BCUT2D eigenvalue weighted by Gasteiger charge is -2.15. The Morgan fingerprint density at radius 1 is 1.28 bits per heavy atom. The number of hydrogen-bond acceptors (Lipinski definition) is 7. The van der Waals surface area contributed by atoms with E-state index in [-0.39, 0.29) is 24.5 Å². The molecule has 0 rings (SSSR count). The first-order chi connectivity index (χ1) is 12.1. The van der Waals surface area contributed by atoms with Crippen LogP contribution in [-0.2, 0) is 14.3 Å². The molecule has 0 fully saturated rings. The topological polar surface area (TPSA) is 85.6 Å². The van der Waals surface area contributed by atoms with Gasteiger partial charge in [-0.2, -0.15) is 0 Å². The monoisotopic (exact) mass is 391 g/mol. The Balaban J connectivity index is 3.52. The zero-order chi connectivity index (χ0) is 18.8. The van der Waals surface area contributed by atoms with Crippen molar-refractivity contribution in [3.8, 4) is 12.0 Å². The van der Waals surface area contributed by atoms with Crippen LogP contribution in [0.2, 0.25) is 0 Å². The molecule has 2 unspecified atom stereocenters. The average Bonchev–Trinajstić information content (AvgIpc) is 2.62. The van der Waals surface area contributed by atoms with E-state index < -0.39 is 0 Å². The third-order valence-corrected chi connectivity index (χ3v) is 6.04. The van der Waals surface area contributed by atoms with Gasteiger partial charge in [0, 0.05) is 18.3 Å². The molecule has 0 heterocycles. The minimum atomic E-state index is -0.204. The highest BCUT2D eigenvalue weighted by Crippen LogP contribution is 2.28. The average molecular weight is 392 g/mol. The van der Waals surface area contributed by atoms with Gasteiger partial charge in [0.05, 0.1) is 19.8 Å². The molecule has 0 saturated carbocycles. The predicted molar refractivity (Wildman–Crippen MR) is 108 cm³/mol. The molecular formula is C17H33N3O3S2. The van der Waals surface area contributed by atoms with Crippen LogP contribution in [0.3, 0.4) is 0 Å². The first kappa shape index (κ1) is 24.4. The number of nitrogens with two attached hydrogens (primary N) is 1. The Morgan fingerprint density at radius 2 is 2.08 bits per heavy atom. The molecule has 146 valence electrons. The lowest BCUT2D eigenvalue weighted by atomic mass is 10.1. The van der Waals surface area contributed by atoms with E-state index in [1.165, 1.54) is 6.42 Å². The molecule has 0 radical (unpaired) electrons. The molecular weight excluding hydrogens is 358 g/mol. The molecule has 0 aromatic carbocycles. The van der Waals surface area contributed by atoms with Crippen molar-refractivity contribution in [2.75, 3.05) is 45.2 Å². The molecule has 0 aliphatic carbocycles. The van der Waals surface area contributed by atoms with Gasteiger partial charge >= 0.3 is 0 Å². The van der Waals surface area contributed by atoms with Gasteiger partial charge in [0.25, 0.3) is 0 Å². The fourth-order valence-corrected chi connectivity index (χ4v) is 3.92. The standard InChI is InChI=1S/C17H33N3O3S2/c1-4-15(3)13-19-9-12-24-25-17(5-2)23-11-10-22-14-16(21)20-8-6-7-18/h15,17,19H,4-5,8-14,18H2,1-3H3,(H,20,21). The van der Waals surface area contributed by atoms with Gasteiger partial charge in [-0.15, -0.1) is 0 Å². The second kappa shape index (κ2) is 18.2. The Kier molecular flexibility index (Phi) is 17.8. The van der Waals surface area contributed by atoms with Crippen LogP contribution in [0.4, 0.5) is 0 Å². The summed E-state index contributed by atoms with van der Waals surface area (Å²) in [5.74, 6) is 4.14. The normalized spacial score (nSPS) is 12.9. The molecule has 6 nitrogen and oxygen atoms in total. The minimum Gasteiger partial charge on any atom is -0.369 e. The van der Waals surface area contributed by atoms with E-state index in [4.69, 9.17) is 15.2 Å². The zero-order valence-electron chi connectivity index (χ0n) is 15.6. The van der Waals surface area contributed by atoms with Crippen molar-refractivity contribution >= 4 is 27.5 Å². The van der Waals surface area contributed by atoms with Gasteiger partial charge in [-0.05, 0) is 18.9 Å². The Labute approximate surface area is 160 Å². The first-order valence-electron chi connectivity index (χ1n) is 8.77. The number of ether oxygens (including phenoxy) is 2. The highest BCUT2D eigenvalue weighted by molar-refractivity contribution is 8.76. The molecule has 0 aliphatic heterocycles. The summed E-state index contributed by atoms with van der Waals surface area (Å²) in [7, 11) is 3.58. The molecule has 2 atom stereocenters. The van der Waals surface area contributed by atoms with Gasteiger partial charge < -0.3 is 25.8 Å². The van der Waals surface area contributed by atoms with E-state index in [0.29, 0.717) is 13.2 Å². The largest absolute Gasteiger partial charge is 0.369 e. The van der Waals surface area contributed by atoms with E-state index in [0.717, 1.165) is 31.2 Å². The SMILES string of the molecule is CCC(C)CNCCSSC(CC)OCCOCC(=O)NCC#CN. The number of rotatable bonds is 16. The molecule has 8 heteroatoms. The second-order valence-electron chi connectivity index (χ2n) is 5.49.